The molecule has 0 aliphatic carbocycles. The quantitative estimate of drug-likeness (QED) is 0.418. The zero-order chi connectivity index (χ0) is 14.8. The molecule has 6 nitrogen and oxygen atoms in total. The molecule has 0 N–H and O–H groups in total. The number of rotatable bonds is 1. The lowest BCUT2D eigenvalue weighted by Crippen LogP contribution is -2.28. The monoisotopic (exact) mass is 277 g/mol. The number of hydrogen-bond acceptors (Lipinski definition) is 4. The van der Waals surface area contributed by atoms with Gasteiger partial charge in [0.15, 0.2) is 0 Å². The zero-order valence-corrected chi connectivity index (χ0v) is 10.6. The molecule has 0 bridgehead atoms. The van der Waals surface area contributed by atoms with Gasteiger partial charge in [-0.05, 0) is 24.3 Å². The molecule has 1 amide bonds. The SMILES string of the molecule is O=C1N=c2cccc(C#Cc3cccnc3)c2=C1[N+](=O)[O-]. The number of amides is 1. The van der Waals surface area contributed by atoms with Crippen LogP contribution >= 0.6 is 0 Å². The second-order valence-electron chi connectivity index (χ2n) is 4.21. The Labute approximate surface area is 118 Å². The van der Waals surface area contributed by atoms with Gasteiger partial charge in [0.05, 0.1) is 15.5 Å². The van der Waals surface area contributed by atoms with Crippen molar-refractivity contribution in [1.82, 2.24) is 4.98 Å². The molecule has 2 aromatic rings. The molecule has 1 aliphatic rings. The van der Waals surface area contributed by atoms with Crippen LogP contribution in [-0.2, 0) is 4.79 Å². The summed E-state index contributed by atoms with van der Waals surface area (Å²) in [5, 5.41) is 11.5. The summed E-state index contributed by atoms with van der Waals surface area (Å²) in [4.78, 5) is 29.5. The third-order valence-electron chi connectivity index (χ3n) is 2.89. The maximum atomic E-state index is 11.6. The Morgan fingerprint density at radius 1 is 1.14 bits per heavy atom. The number of fused-ring (bicyclic) bond motifs is 1. The summed E-state index contributed by atoms with van der Waals surface area (Å²) in [7, 11) is 0. The Kier molecular flexibility index (Phi) is 3.01. The molecule has 0 atom stereocenters. The van der Waals surface area contributed by atoms with E-state index in [0.29, 0.717) is 11.1 Å². The van der Waals surface area contributed by atoms with E-state index in [4.69, 9.17) is 0 Å². The molecule has 1 aliphatic heterocycles. The van der Waals surface area contributed by atoms with Crippen LogP contribution in [0.1, 0.15) is 11.1 Å². The molecule has 0 saturated carbocycles. The van der Waals surface area contributed by atoms with Gasteiger partial charge in [0.1, 0.15) is 0 Å². The summed E-state index contributed by atoms with van der Waals surface area (Å²) in [6, 6.07) is 8.36. The van der Waals surface area contributed by atoms with Crippen LogP contribution in [0.5, 0.6) is 0 Å². The highest BCUT2D eigenvalue weighted by atomic mass is 16.6. The summed E-state index contributed by atoms with van der Waals surface area (Å²) in [5.41, 5.74) is 0.553. The van der Waals surface area contributed by atoms with E-state index in [0.717, 1.165) is 0 Å². The van der Waals surface area contributed by atoms with Crippen molar-refractivity contribution in [3.05, 3.63) is 74.5 Å². The van der Waals surface area contributed by atoms with Crippen LogP contribution in [-0.4, -0.2) is 15.8 Å². The Morgan fingerprint density at radius 3 is 2.71 bits per heavy atom. The van der Waals surface area contributed by atoms with E-state index in [1.807, 2.05) is 0 Å². The molecule has 0 radical (unpaired) electrons. The van der Waals surface area contributed by atoms with Gasteiger partial charge in [-0.25, -0.2) is 4.99 Å². The Morgan fingerprint density at radius 2 is 2.00 bits per heavy atom. The topological polar surface area (TPSA) is 85.5 Å². The lowest BCUT2D eigenvalue weighted by Gasteiger charge is -1.92. The number of pyridine rings is 1. The second-order valence-corrected chi connectivity index (χ2v) is 4.21. The lowest BCUT2D eigenvalue weighted by molar-refractivity contribution is -0.375. The maximum Gasteiger partial charge on any atom is 0.349 e. The Balaban J connectivity index is 2.24. The van der Waals surface area contributed by atoms with Crippen molar-refractivity contribution in [2.45, 2.75) is 0 Å². The van der Waals surface area contributed by atoms with Crippen molar-refractivity contribution in [2.75, 3.05) is 0 Å². The minimum Gasteiger partial charge on any atom is -0.263 e. The van der Waals surface area contributed by atoms with Crippen LogP contribution in [0.25, 0.3) is 5.70 Å². The van der Waals surface area contributed by atoms with Crippen molar-refractivity contribution < 1.29 is 9.72 Å². The number of nitro groups is 1. The molecule has 3 rings (SSSR count). The van der Waals surface area contributed by atoms with Gasteiger partial charge >= 0.3 is 11.6 Å². The van der Waals surface area contributed by atoms with Crippen molar-refractivity contribution in [1.29, 1.82) is 0 Å². The highest BCUT2D eigenvalue weighted by Gasteiger charge is 2.28. The van der Waals surface area contributed by atoms with Crippen LogP contribution in [0.4, 0.5) is 0 Å². The van der Waals surface area contributed by atoms with Gasteiger partial charge in [0, 0.05) is 23.5 Å². The van der Waals surface area contributed by atoms with Gasteiger partial charge in [0.25, 0.3) is 0 Å². The highest BCUT2D eigenvalue weighted by Crippen LogP contribution is 2.03. The van der Waals surface area contributed by atoms with Gasteiger partial charge in [0.2, 0.25) is 0 Å². The molecular formula is C15H7N3O3. The second kappa shape index (κ2) is 4.98. The molecule has 1 aromatic heterocycles. The molecule has 1 aromatic carbocycles. The van der Waals surface area contributed by atoms with E-state index in [-0.39, 0.29) is 10.6 Å². The minimum atomic E-state index is -0.842. The Hall–Kier alpha value is -3.33. The summed E-state index contributed by atoms with van der Waals surface area (Å²) < 4.78 is 0. The summed E-state index contributed by atoms with van der Waals surface area (Å²) in [6.07, 6.45) is 3.21. The fraction of sp³-hybridized carbons (Fsp3) is 0. The van der Waals surface area contributed by atoms with E-state index >= 15 is 0 Å². The molecule has 100 valence electrons. The number of benzene rings is 1. The van der Waals surface area contributed by atoms with Crippen LogP contribution < -0.4 is 10.6 Å². The maximum absolute atomic E-state index is 11.6. The standard InChI is InChI=1S/C15H7N3O3/c19-15-14(18(20)21)13-11(4-1-5-12(13)17-15)7-6-10-3-2-8-16-9-10/h1-5,8-9H. The molecular weight excluding hydrogens is 270 g/mol. The molecule has 0 unspecified atom stereocenters. The summed E-state index contributed by atoms with van der Waals surface area (Å²) >= 11 is 0. The first-order chi connectivity index (χ1) is 10.2. The van der Waals surface area contributed by atoms with Crippen molar-refractivity contribution in [3.8, 4) is 11.8 Å². The fourth-order valence-corrected chi connectivity index (χ4v) is 2.00. The average Bonchev–Trinajstić information content (AvgIpc) is 2.82. The first-order valence-corrected chi connectivity index (χ1v) is 5.99. The number of nitrogens with zero attached hydrogens (tertiary/aromatic N) is 3. The van der Waals surface area contributed by atoms with Crippen molar-refractivity contribution in [2.24, 2.45) is 4.99 Å². The van der Waals surface area contributed by atoms with Gasteiger partial charge < -0.3 is 0 Å². The van der Waals surface area contributed by atoms with Gasteiger partial charge in [-0.3, -0.25) is 19.9 Å². The predicted molar refractivity (Wildman–Crippen MR) is 72.8 cm³/mol. The third kappa shape index (κ3) is 2.28. The van der Waals surface area contributed by atoms with Crippen molar-refractivity contribution in [3.63, 3.8) is 0 Å². The molecule has 0 spiro atoms. The first-order valence-electron chi connectivity index (χ1n) is 5.99. The van der Waals surface area contributed by atoms with E-state index in [1.165, 1.54) is 0 Å². The van der Waals surface area contributed by atoms with Gasteiger partial charge in [-0.1, -0.05) is 17.9 Å². The molecule has 2 heterocycles. The minimum absolute atomic E-state index is 0.184. The van der Waals surface area contributed by atoms with Crippen molar-refractivity contribution >= 4 is 11.6 Å². The summed E-state index contributed by atoms with van der Waals surface area (Å²) in [5.74, 6) is 4.86. The number of aromatic nitrogens is 1. The third-order valence-corrected chi connectivity index (χ3v) is 2.89. The predicted octanol–water partition coefficient (Wildman–Crippen LogP) is 0.0261. The van der Waals surface area contributed by atoms with E-state index < -0.39 is 16.5 Å². The number of hydrogen-bond donors (Lipinski definition) is 0. The number of carbonyl (C=O) groups excluding carboxylic acids is 1. The van der Waals surface area contributed by atoms with Crippen LogP contribution in [0.3, 0.4) is 0 Å². The van der Waals surface area contributed by atoms with Gasteiger partial charge in [-0.2, -0.15) is 0 Å². The summed E-state index contributed by atoms with van der Waals surface area (Å²) in [6.45, 7) is 0. The Bertz CT molecular complexity index is 938. The lowest BCUT2D eigenvalue weighted by atomic mass is 10.1. The molecule has 0 saturated heterocycles. The first kappa shape index (κ1) is 12.7. The van der Waals surface area contributed by atoms with Crippen LogP contribution in [0.15, 0.2) is 47.7 Å². The normalized spacial score (nSPS) is 12.2. The largest absolute Gasteiger partial charge is 0.349 e. The van der Waals surface area contributed by atoms with Gasteiger partial charge in [-0.15, -0.1) is 0 Å². The van der Waals surface area contributed by atoms with E-state index in [1.54, 1.807) is 42.7 Å². The molecule has 21 heavy (non-hydrogen) atoms. The number of carbonyl (C=O) groups is 1. The van der Waals surface area contributed by atoms with E-state index in [2.05, 4.69) is 21.8 Å². The highest BCUT2D eigenvalue weighted by molar-refractivity contribution is 6.12. The molecule has 0 fully saturated rings. The molecule has 6 heteroatoms. The van der Waals surface area contributed by atoms with E-state index in [9.17, 15) is 14.9 Å². The fourth-order valence-electron chi connectivity index (χ4n) is 2.00. The van der Waals surface area contributed by atoms with Crippen LogP contribution in [0.2, 0.25) is 0 Å². The van der Waals surface area contributed by atoms with Crippen LogP contribution in [0, 0.1) is 22.0 Å². The smallest absolute Gasteiger partial charge is 0.263 e. The zero-order valence-electron chi connectivity index (χ0n) is 10.6. The average molecular weight is 277 g/mol.